The number of carbonyl (C=O) groups is 2. The summed E-state index contributed by atoms with van der Waals surface area (Å²) in [5.41, 5.74) is 6.47. The van der Waals surface area contributed by atoms with E-state index in [2.05, 4.69) is 0 Å². The summed E-state index contributed by atoms with van der Waals surface area (Å²) in [7, 11) is 0. The molecule has 0 aromatic heterocycles. The van der Waals surface area contributed by atoms with Crippen LogP contribution in [0.4, 0.5) is 0 Å². The van der Waals surface area contributed by atoms with E-state index in [4.69, 9.17) is 15.2 Å². The van der Waals surface area contributed by atoms with Gasteiger partial charge in [0.25, 0.3) is 0 Å². The maximum Gasteiger partial charge on any atom is 0.323 e. The van der Waals surface area contributed by atoms with Crippen molar-refractivity contribution in [3.05, 3.63) is 23.8 Å². The van der Waals surface area contributed by atoms with Crippen LogP contribution >= 0.6 is 0 Å². The molecule has 1 fully saturated rings. The quantitative estimate of drug-likeness (QED) is 0.491. The molecule has 27 heavy (non-hydrogen) atoms. The second kappa shape index (κ2) is 9.60. The Kier molecular flexibility index (Phi) is 7.47. The maximum atomic E-state index is 12.2. The minimum absolute atomic E-state index is 0.0615. The number of nitrogens with two attached hydrogens (primary N) is 1. The van der Waals surface area contributed by atoms with Gasteiger partial charge < -0.3 is 25.4 Å². The van der Waals surface area contributed by atoms with Gasteiger partial charge in [0.1, 0.15) is 18.2 Å². The van der Waals surface area contributed by atoms with E-state index in [0.717, 1.165) is 32.1 Å². The number of esters is 2. The molecule has 7 heteroatoms. The highest BCUT2D eigenvalue weighted by molar-refractivity contribution is 5.76. The van der Waals surface area contributed by atoms with E-state index in [1.165, 1.54) is 12.1 Å². The number of hydrogen-bond acceptors (Lipinski definition) is 7. The first-order valence-electron chi connectivity index (χ1n) is 9.45. The molecule has 0 spiro atoms. The molecule has 1 saturated carbocycles. The van der Waals surface area contributed by atoms with Crippen molar-refractivity contribution < 1.29 is 29.3 Å². The third-order valence-corrected chi connectivity index (χ3v) is 5.00. The van der Waals surface area contributed by atoms with Crippen molar-refractivity contribution >= 4 is 11.9 Å². The lowest BCUT2D eigenvalue weighted by atomic mass is 9.89. The van der Waals surface area contributed by atoms with Crippen LogP contribution < -0.4 is 5.73 Å². The van der Waals surface area contributed by atoms with Crippen molar-refractivity contribution in [1.82, 2.24) is 0 Å². The first-order chi connectivity index (χ1) is 12.8. The molecule has 0 radical (unpaired) electrons. The van der Waals surface area contributed by atoms with Gasteiger partial charge >= 0.3 is 11.9 Å². The fraction of sp³-hybridized carbons (Fsp3) is 0.600. The highest BCUT2D eigenvalue weighted by atomic mass is 16.6. The number of phenolic OH excluding ortho intramolecular Hbond substituents is 2. The Morgan fingerprint density at radius 1 is 1.07 bits per heavy atom. The predicted molar refractivity (Wildman–Crippen MR) is 99.1 cm³/mol. The monoisotopic (exact) mass is 379 g/mol. The smallest absolute Gasteiger partial charge is 0.323 e. The Hall–Kier alpha value is -2.28. The Labute approximate surface area is 159 Å². The molecule has 0 unspecified atom stereocenters. The zero-order valence-corrected chi connectivity index (χ0v) is 15.9. The maximum absolute atomic E-state index is 12.2. The van der Waals surface area contributed by atoms with Gasteiger partial charge in [0, 0.05) is 0 Å². The van der Waals surface area contributed by atoms with E-state index in [0.29, 0.717) is 5.56 Å². The number of carbonyl (C=O) groups excluding carboxylic acids is 2. The van der Waals surface area contributed by atoms with E-state index in [1.54, 1.807) is 19.9 Å². The lowest BCUT2D eigenvalue weighted by molar-refractivity contribution is -0.169. The highest BCUT2D eigenvalue weighted by Crippen LogP contribution is 2.26. The van der Waals surface area contributed by atoms with Crippen LogP contribution in [0.15, 0.2) is 18.2 Å². The van der Waals surface area contributed by atoms with Crippen LogP contribution in [0.1, 0.15) is 51.5 Å². The van der Waals surface area contributed by atoms with Crippen molar-refractivity contribution in [1.29, 1.82) is 0 Å². The molecule has 3 atom stereocenters. The molecular weight excluding hydrogens is 350 g/mol. The molecular formula is C20H29NO6. The molecule has 0 saturated heterocycles. The minimum Gasteiger partial charge on any atom is -0.504 e. The van der Waals surface area contributed by atoms with Crippen LogP contribution in [0, 0.1) is 5.92 Å². The summed E-state index contributed by atoms with van der Waals surface area (Å²) in [6, 6.07) is 3.32. The number of aromatic hydroxyl groups is 2. The molecule has 4 N–H and O–H groups in total. The molecule has 1 aromatic carbocycles. The fourth-order valence-corrected chi connectivity index (χ4v) is 3.11. The lowest BCUT2D eigenvalue weighted by Crippen LogP contribution is -2.40. The fourth-order valence-electron chi connectivity index (χ4n) is 3.11. The van der Waals surface area contributed by atoms with Crippen molar-refractivity contribution in [2.75, 3.05) is 0 Å². The number of ether oxygens (including phenoxy) is 2. The van der Waals surface area contributed by atoms with Gasteiger partial charge in [-0.25, -0.2) is 0 Å². The molecule has 0 aliphatic heterocycles. The summed E-state index contributed by atoms with van der Waals surface area (Å²) >= 11 is 0. The summed E-state index contributed by atoms with van der Waals surface area (Å²) in [5.74, 6) is -1.42. The number of rotatable bonds is 7. The second-order valence-corrected chi connectivity index (χ2v) is 7.25. The standard InChI is InChI=1S/C20H29NO6/c1-12(26-19(24)15-6-4-3-5-7-15)13(2)27-20(25)16(21)10-14-8-9-17(22)18(23)11-14/h8-9,11-13,15-16,22-23H,3-7,10,21H2,1-2H3/t12-,13+,16-/m0/s1. The molecule has 2 rings (SSSR count). The van der Waals surface area contributed by atoms with Crippen molar-refractivity contribution in [3.8, 4) is 11.5 Å². The molecule has 0 amide bonds. The molecule has 1 aliphatic rings. The van der Waals surface area contributed by atoms with Crippen molar-refractivity contribution in [2.45, 2.75) is 70.6 Å². The first kappa shape index (κ1) is 21.0. The van der Waals surface area contributed by atoms with Gasteiger partial charge in [0.05, 0.1) is 5.92 Å². The summed E-state index contributed by atoms with van der Waals surface area (Å²) < 4.78 is 10.8. The van der Waals surface area contributed by atoms with Gasteiger partial charge in [-0.1, -0.05) is 25.3 Å². The van der Waals surface area contributed by atoms with Gasteiger partial charge in [-0.3, -0.25) is 9.59 Å². The van der Waals surface area contributed by atoms with Crippen LogP contribution in [-0.4, -0.2) is 40.4 Å². The third kappa shape index (κ3) is 6.13. The largest absolute Gasteiger partial charge is 0.504 e. The van der Waals surface area contributed by atoms with E-state index in [-0.39, 0.29) is 29.8 Å². The Bertz CT molecular complexity index is 656. The highest BCUT2D eigenvalue weighted by Gasteiger charge is 2.28. The molecule has 0 heterocycles. The second-order valence-electron chi connectivity index (χ2n) is 7.25. The lowest BCUT2D eigenvalue weighted by Gasteiger charge is -2.26. The van der Waals surface area contributed by atoms with Crippen LogP contribution in [0.25, 0.3) is 0 Å². The number of phenols is 2. The van der Waals surface area contributed by atoms with E-state index in [9.17, 15) is 19.8 Å². The van der Waals surface area contributed by atoms with Gasteiger partial charge in [0.2, 0.25) is 0 Å². The Morgan fingerprint density at radius 3 is 2.33 bits per heavy atom. The van der Waals surface area contributed by atoms with Crippen molar-refractivity contribution in [2.24, 2.45) is 11.7 Å². The molecule has 150 valence electrons. The topological polar surface area (TPSA) is 119 Å². The summed E-state index contributed by atoms with van der Waals surface area (Å²) in [6.45, 7) is 3.36. The predicted octanol–water partition coefficient (Wildman–Crippen LogP) is 2.41. The van der Waals surface area contributed by atoms with E-state index < -0.39 is 24.2 Å². The first-order valence-corrected chi connectivity index (χ1v) is 9.45. The average Bonchev–Trinajstić information content (AvgIpc) is 2.65. The van der Waals surface area contributed by atoms with Crippen LogP contribution in [0.3, 0.4) is 0 Å². The van der Waals surface area contributed by atoms with E-state index >= 15 is 0 Å². The summed E-state index contributed by atoms with van der Waals surface area (Å²) in [5, 5.41) is 18.8. The molecule has 1 aliphatic carbocycles. The SMILES string of the molecule is C[C@H](OC(=O)C1CCCCC1)[C@@H](C)OC(=O)[C@@H](N)Cc1ccc(O)c(O)c1. The Balaban J connectivity index is 1.81. The van der Waals surface area contributed by atoms with Gasteiger partial charge in [-0.15, -0.1) is 0 Å². The zero-order chi connectivity index (χ0) is 20.0. The molecule has 1 aromatic rings. The third-order valence-electron chi connectivity index (χ3n) is 5.00. The summed E-state index contributed by atoms with van der Waals surface area (Å²) in [4.78, 5) is 24.4. The number of hydrogen-bond donors (Lipinski definition) is 3. The average molecular weight is 379 g/mol. The number of benzene rings is 1. The minimum atomic E-state index is -0.933. The summed E-state index contributed by atoms with van der Waals surface area (Å²) in [6.07, 6.45) is 3.91. The van der Waals surface area contributed by atoms with Crippen LogP contribution in [-0.2, 0) is 25.5 Å². The van der Waals surface area contributed by atoms with Crippen LogP contribution in [0.5, 0.6) is 11.5 Å². The van der Waals surface area contributed by atoms with Gasteiger partial charge in [-0.05, 0) is 50.8 Å². The zero-order valence-electron chi connectivity index (χ0n) is 15.9. The van der Waals surface area contributed by atoms with E-state index in [1.807, 2.05) is 0 Å². The van der Waals surface area contributed by atoms with Gasteiger partial charge in [-0.2, -0.15) is 0 Å². The normalized spacial score (nSPS) is 18.3. The molecule has 7 nitrogen and oxygen atoms in total. The van der Waals surface area contributed by atoms with Crippen LogP contribution in [0.2, 0.25) is 0 Å². The molecule has 0 bridgehead atoms. The van der Waals surface area contributed by atoms with Crippen molar-refractivity contribution in [3.63, 3.8) is 0 Å². The Morgan fingerprint density at radius 2 is 1.70 bits per heavy atom. The van der Waals surface area contributed by atoms with Gasteiger partial charge in [0.15, 0.2) is 11.5 Å².